The highest BCUT2D eigenvalue weighted by molar-refractivity contribution is 6.09. The molecule has 0 aliphatic heterocycles. The van der Waals surface area contributed by atoms with E-state index < -0.39 is 0 Å². The van der Waals surface area contributed by atoms with E-state index in [9.17, 15) is 0 Å². The van der Waals surface area contributed by atoms with Gasteiger partial charge in [0.1, 0.15) is 5.65 Å². The lowest BCUT2D eigenvalue weighted by molar-refractivity contribution is 0.988. The molecule has 0 unspecified atom stereocenters. The van der Waals surface area contributed by atoms with E-state index in [0.717, 1.165) is 5.65 Å². The quantitative estimate of drug-likeness (QED) is 0.496. The van der Waals surface area contributed by atoms with E-state index >= 15 is 0 Å². The predicted molar refractivity (Wildman–Crippen MR) is 74.0 cm³/mol. The van der Waals surface area contributed by atoms with Crippen LogP contribution in [0.2, 0.25) is 0 Å². The number of aryl methyl sites for hydroxylation is 2. The number of nitrogens with one attached hydrogen (secondary N) is 1. The number of nitrogens with zero attached hydrogens (tertiary/aromatic N) is 2. The molecular weight excluding hydrogens is 222 g/mol. The molecule has 0 saturated heterocycles. The van der Waals surface area contributed by atoms with Crippen LogP contribution < -0.4 is 0 Å². The molecule has 0 aliphatic rings. The SMILES string of the molecule is Cc1cc2c(C)ccc3[nH]c4ccnn4c(c1)c32. The number of rotatable bonds is 0. The van der Waals surface area contributed by atoms with E-state index in [2.05, 4.69) is 48.2 Å². The molecule has 3 nitrogen and oxygen atoms in total. The molecule has 0 aliphatic carbocycles. The third kappa shape index (κ3) is 1.11. The Hall–Kier alpha value is -2.29. The van der Waals surface area contributed by atoms with Gasteiger partial charge in [-0.25, -0.2) is 4.52 Å². The smallest absolute Gasteiger partial charge is 0.134 e. The Labute approximate surface area is 104 Å². The molecule has 0 saturated carbocycles. The zero-order chi connectivity index (χ0) is 12.3. The molecule has 4 aromatic rings. The average Bonchev–Trinajstić information content (AvgIpc) is 2.81. The summed E-state index contributed by atoms with van der Waals surface area (Å²) in [5, 5.41) is 6.97. The Morgan fingerprint density at radius 3 is 2.89 bits per heavy atom. The molecular formula is C15H13N3. The Morgan fingerprint density at radius 1 is 1.11 bits per heavy atom. The van der Waals surface area contributed by atoms with Crippen LogP contribution >= 0.6 is 0 Å². The van der Waals surface area contributed by atoms with Gasteiger partial charge in [-0.3, -0.25) is 0 Å². The highest BCUT2D eigenvalue weighted by atomic mass is 15.2. The summed E-state index contributed by atoms with van der Waals surface area (Å²) >= 11 is 0. The number of hydrogen-bond donors (Lipinski definition) is 1. The lowest BCUT2D eigenvalue weighted by atomic mass is 10.0. The maximum absolute atomic E-state index is 4.41. The second-order valence-electron chi connectivity index (χ2n) is 4.89. The molecule has 2 heterocycles. The maximum atomic E-state index is 4.41. The van der Waals surface area contributed by atoms with Crippen molar-refractivity contribution in [3.05, 3.63) is 47.7 Å². The number of fused-ring (bicyclic) bond motifs is 2. The summed E-state index contributed by atoms with van der Waals surface area (Å²) in [4.78, 5) is 3.43. The van der Waals surface area contributed by atoms with E-state index in [4.69, 9.17) is 0 Å². The highest BCUT2D eigenvalue weighted by Gasteiger charge is 2.09. The summed E-state index contributed by atoms with van der Waals surface area (Å²) in [6, 6.07) is 10.8. The van der Waals surface area contributed by atoms with Crippen LogP contribution in [0.15, 0.2) is 36.5 Å². The first-order valence-electron chi connectivity index (χ1n) is 6.09. The molecule has 1 N–H and O–H groups in total. The molecule has 4 rings (SSSR count). The van der Waals surface area contributed by atoms with Crippen molar-refractivity contribution in [3.63, 3.8) is 0 Å². The summed E-state index contributed by atoms with van der Waals surface area (Å²) in [5.41, 5.74) is 5.93. The third-order valence-electron chi connectivity index (χ3n) is 3.59. The van der Waals surface area contributed by atoms with Gasteiger partial charge in [0.05, 0.1) is 11.7 Å². The van der Waals surface area contributed by atoms with Gasteiger partial charge < -0.3 is 4.98 Å². The molecule has 0 bridgehead atoms. The van der Waals surface area contributed by atoms with Crippen molar-refractivity contribution < 1.29 is 0 Å². The Morgan fingerprint density at radius 2 is 2.00 bits per heavy atom. The number of H-pyrrole nitrogens is 1. The minimum Gasteiger partial charge on any atom is -0.340 e. The lowest BCUT2D eigenvalue weighted by Gasteiger charge is -2.11. The van der Waals surface area contributed by atoms with Crippen molar-refractivity contribution in [2.75, 3.05) is 0 Å². The Balaban J connectivity index is 2.45. The predicted octanol–water partition coefficient (Wildman–Crippen LogP) is 3.59. The van der Waals surface area contributed by atoms with Gasteiger partial charge in [0, 0.05) is 17.0 Å². The first-order chi connectivity index (χ1) is 8.74. The molecule has 88 valence electrons. The first-order valence-corrected chi connectivity index (χ1v) is 6.09. The van der Waals surface area contributed by atoms with Crippen LogP contribution in [0.1, 0.15) is 11.1 Å². The van der Waals surface area contributed by atoms with E-state index in [0.29, 0.717) is 0 Å². The second kappa shape index (κ2) is 3.13. The average molecular weight is 235 g/mol. The van der Waals surface area contributed by atoms with E-state index in [1.54, 1.807) is 0 Å². The van der Waals surface area contributed by atoms with Crippen molar-refractivity contribution in [1.82, 2.24) is 14.6 Å². The molecule has 0 fully saturated rings. The molecule has 3 heteroatoms. The standard InChI is InChI=1S/C15H13N3/c1-9-7-11-10(2)3-4-12-15(11)13(8-9)18-14(17-12)5-6-16-18/h3-8,17H,1-2H3. The minimum absolute atomic E-state index is 1.03. The minimum atomic E-state index is 1.03. The van der Waals surface area contributed by atoms with Crippen LogP contribution in [-0.2, 0) is 0 Å². The van der Waals surface area contributed by atoms with Gasteiger partial charge in [-0.05, 0) is 42.5 Å². The Bertz CT molecular complexity index is 896. The number of benzene rings is 2. The normalized spacial score (nSPS) is 11.9. The van der Waals surface area contributed by atoms with Crippen LogP contribution in [0.4, 0.5) is 0 Å². The molecule has 2 aromatic heterocycles. The highest BCUT2D eigenvalue weighted by Crippen LogP contribution is 2.29. The molecule has 0 atom stereocenters. The van der Waals surface area contributed by atoms with Crippen molar-refractivity contribution in [1.29, 1.82) is 0 Å². The van der Waals surface area contributed by atoms with Gasteiger partial charge in [0.15, 0.2) is 0 Å². The Kier molecular flexibility index (Phi) is 1.69. The fraction of sp³-hybridized carbons (Fsp3) is 0.133. The van der Waals surface area contributed by atoms with Gasteiger partial charge in [0.2, 0.25) is 0 Å². The molecule has 0 spiro atoms. The first kappa shape index (κ1) is 9.71. The lowest BCUT2D eigenvalue weighted by Crippen LogP contribution is -1.96. The van der Waals surface area contributed by atoms with Crippen molar-refractivity contribution in [2.24, 2.45) is 0 Å². The van der Waals surface area contributed by atoms with Crippen LogP contribution in [0.5, 0.6) is 0 Å². The van der Waals surface area contributed by atoms with Crippen LogP contribution in [-0.4, -0.2) is 14.6 Å². The van der Waals surface area contributed by atoms with Crippen molar-refractivity contribution >= 4 is 27.5 Å². The zero-order valence-corrected chi connectivity index (χ0v) is 10.4. The van der Waals surface area contributed by atoms with E-state index in [1.807, 2.05) is 16.8 Å². The topological polar surface area (TPSA) is 33.1 Å². The van der Waals surface area contributed by atoms with Crippen LogP contribution in [0, 0.1) is 13.8 Å². The summed E-state index contributed by atoms with van der Waals surface area (Å²) in [5.74, 6) is 0. The second-order valence-corrected chi connectivity index (χ2v) is 4.89. The number of aromatic nitrogens is 3. The van der Waals surface area contributed by atoms with Crippen LogP contribution in [0.3, 0.4) is 0 Å². The summed E-state index contributed by atoms with van der Waals surface area (Å²) in [6.45, 7) is 4.29. The number of hydrogen-bond acceptors (Lipinski definition) is 1. The summed E-state index contributed by atoms with van der Waals surface area (Å²) < 4.78 is 1.97. The summed E-state index contributed by atoms with van der Waals surface area (Å²) in [7, 11) is 0. The molecule has 0 amide bonds. The molecule has 0 radical (unpaired) electrons. The molecule has 2 aromatic carbocycles. The fourth-order valence-electron chi connectivity index (χ4n) is 2.74. The van der Waals surface area contributed by atoms with E-state index in [-0.39, 0.29) is 0 Å². The fourth-order valence-corrected chi connectivity index (χ4v) is 2.74. The van der Waals surface area contributed by atoms with Gasteiger partial charge in [0.25, 0.3) is 0 Å². The van der Waals surface area contributed by atoms with E-state index in [1.165, 1.54) is 32.9 Å². The monoisotopic (exact) mass is 235 g/mol. The van der Waals surface area contributed by atoms with Gasteiger partial charge in [-0.1, -0.05) is 12.1 Å². The largest absolute Gasteiger partial charge is 0.340 e. The van der Waals surface area contributed by atoms with Gasteiger partial charge in [-0.15, -0.1) is 0 Å². The van der Waals surface area contributed by atoms with Gasteiger partial charge >= 0.3 is 0 Å². The maximum Gasteiger partial charge on any atom is 0.134 e. The summed E-state index contributed by atoms with van der Waals surface area (Å²) in [6.07, 6.45) is 1.83. The van der Waals surface area contributed by atoms with Crippen LogP contribution in [0.25, 0.3) is 27.5 Å². The van der Waals surface area contributed by atoms with Crippen molar-refractivity contribution in [2.45, 2.75) is 13.8 Å². The van der Waals surface area contributed by atoms with Gasteiger partial charge in [-0.2, -0.15) is 5.10 Å². The zero-order valence-electron chi connectivity index (χ0n) is 10.4. The molecule has 18 heavy (non-hydrogen) atoms. The third-order valence-corrected chi connectivity index (χ3v) is 3.59. The van der Waals surface area contributed by atoms with Crippen molar-refractivity contribution in [3.8, 4) is 0 Å². The number of aromatic amines is 1.